The minimum absolute atomic E-state index is 0.0478. The number of aryl methyl sites for hydroxylation is 1. The molecule has 3 aromatic rings. The van der Waals surface area contributed by atoms with Crippen molar-refractivity contribution in [1.29, 1.82) is 0 Å². The molecule has 0 saturated carbocycles. The maximum absolute atomic E-state index is 13.0. The highest BCUT2D eigenvalue weighted by atomic mass is 16.1. The largest absolute Gasteiger partial charge is 0.310 e. The van der Waals surface area contributed by atoms with Crippen molar-refractivity contribution in [2.24, 2.45) is 18.9 Å². The van der Waals surface area contributed by atoms with Crippen LogP contribution in [0.1, 0.15) is 51.6 Å². The monoisotopic (exact) mass is 489 g/mol. The number of piperidine rings is 2. The molecule has 2 fully saturated rings. The number of hydrogen-bond acceptors (Lipinski definition) is 6. The number of carbonyl (C=O) groups is 1. The van der Waals surface area contributed by atoms with Crippen LogP contribution in [0, 0.1) is 11.8 Å². The summed E-state index contributed by atoms with van der Waals surface area (Å²) in [6.07, 6.45) is 11.2. The zero-order chi connectivity index (χ0) is 25.1. The number of rotatable bonds is 7. The molecule has 0 atom stereocenters. The van der Waals surface area contributed by atoms with Gasteiger partial charge in [-0.1, -0.05) is 20.3 Å². The zero-order valence-corrected chi connectivity index (χ0v) is 21.9. The van der Waals surface area contributed by atoms with Gasteiger partial charge in [-0.15, -0.1) is 0 Å². The Balaban J connectivity index is 1.30. The van der Waals surface area contributed by atoms with Crippen molar-refractivity contribution >= 4 is 22.5 Å². The molecule has 0 bridgehead atoms. The summed E-state index contributed by atoms with van der Waals surface area (Å²) in [5.41, 5.74) is 3.17. The summed E-state index contributed by atoms with van der Waals surface area (Å²) < 4.78 is 1.97. The Morgan fingerprint density at radius 1 is 0.972 bits per heavy atom. The van der Waals surface area contributed by atoms with Gasteiger partial charge in [-0.2, -0.15) is 5.10 Å². The number of pyridine rings is 2. The molecule has 2 aliphatic rings. The highest BCUT2D eigenvalue weighted by molar-refractivity contribution is 5.94. The smallest absolute Gasteiger partial charge is 0.228 e. The molecule has 2 aliphatic heterocycles. The predicted octanol–water partition coefficient (Wildman–Crippen LogP) is 4.32. The van der Waals surface area contributed by atoms with Gasteiger partial charge in [-0.25, -0.2) is 4.98 Å². The number of nitrogens with zero attached hydrogens (tertiary/aromatic N) is 6. The molecule has 0 aromatic carbocycles. The molecule has 1 N–H and O–H groups in total. The first kappa shape index (κ1) is 24.8. The zero-order valence-electron chi connectivity index (χ0n) is 21.9. The van der Waals surface area contributed by atoms with Gasteiger partial charge in [0.05, 0.1) is 17.6 Å². The van der Waals surface area contributed by atoms with Crippen LogP contribution < -0.4 is 5.32 Å². The van der Waals surface area contributed by atoms with Crippen LogP contribution in [-0.4, -0.2) is 68.2 Å². The van der Waals surface area contributed by atoms with E-state index >= 15 is 0 Å². The molecule has 3 aromatic heterocycles. The molecule has 0 aliphatic carbocycles. The minimum Gasteiger partial charge on any atom is -0.310 e. The highest BCUT2D eigenvalue weighted by Gasteiger charge is 2.25. The third kappa shape index (κ3) is 5.76. The lowest BCUT2D eigenvalue weighted by atomic mass is 9.95. The summed E-state index contributed by atoms with van der Waals surface area (Å²) in [4.78, 5) is 27.2. The van der Waals surface area contributed by atoms with Gasteiger partial charge in [0.2, 0.25) is 5.91 Å². The van der Waals surface area contributed by atoms with Crippen LogP contribution in [0.25, 0.3) is 22.0 Å². The van der Waals surface area contributed by atoms with Crippen molar-refractivity contribution in [3.63, 3.8) is 0 Å². The first-order valence-electron chi connectivity index (χ1n) is 13.5. The molecule has 192 valence electrons. The second kappa shape index (κ2) is 11.0. The van der Waals surface area contributed by atoms with Crippen LogP contribution in [0.15, 0.2) is 30.7 Å². The summed E-state index contributed by atoms with van der Waals surface area (Å²) >= 11 is 0. The maximum Gasteiger partial charge on any atom is 0.228 e. The maximum atomic E-state index is 13.0. The Morgan fingerprint density at radius 3 is 2.47 bits per heavy atom. The van der Waals surface area contributed by atoms with E-state index in [1.165, 1.54) is 25.0 Å². The molecular weight excluding hydrogens is 450 g/mol. The van der Waals surface area contributed by atoms with Crippen LogP contribution in [0.5, 0.6) is 0 Å². The van der Waals surface area contributed by atoms with Gasteiger partial charge >= 0.3 is 0 Å². The lowest BCUT2D eigenvalue weighted by Crippen LogP contribution is -2.39. The van der Waals surface area contributed by atoms with E-state index in [1.807, 2.05) is 30.2 Å². The summed E-state index contributed by atoms with van der Waals surface area (Å²) in [6.45, 7) is 10.7. The second-order valence-electron chi connectivity index (χ2n) is 10.9. The van der Waals surface area contributed by atoms with Gasteiger partial charge in [0, 0.05) is 49.4 Å². The Morgan fingerprint density at radius 2 is 1.72 bits per heavy atom. The molecule has 0 unspecified atom stereocenters. The number of fused-ring (bicyclic) bond motifs is 1. The van der Waals surface area contributed by atoms with Crippen molar-refractivity contribution in [2.75, 3.05) is 38.0 Å². The quantitative estimate of drug-likeness (QED) is 0.532. The normalized spacial score (nSPS) is 18.2. The Labute approximate surface area is 214 Å². The van der Waals surface area contributed by atoms with Crippen LogP contribution in [0.4, 0.5) is 5.82 Å². The van der Waals surface area contributed by atoms with E-state index in [0.717, 1.165) is 74.1 Å². The lowest BCUT2D eigenvalue weighted by molar-refractivity contribution is -0.121. The van der Waals surface area contributed by atoms with Crippen molar-refractivity contribution in [3.05, 3.63) is 36.4 Å². The molecule has 5 heterocycles. The number of likely N-dealkylation sites (tertiary alicyclic amines) is 2. The van der Waals surface area contributed by atoms with Crippen LogP contribution in [-0.2, 0) is 18.4 Å². The number of anilines is 1. The van der Waals surface area contributed by atoms with E-state index in [9.17, 15) is 4.79 Å². The van der Waals surface area contributed by atoms with Crippen molar-refractivity contribution in [3.8, 4) is 11.3 Å². The van der Waals surface area contributed by atoms with E-state index in [-0.39, 0.29) is 11.8 Å². The highest BCUT2D eigenvalue weighted by Crippen LogP contribution is 2.28. The number of amides is 1. The fourth-order valence-electron chi connectivity index (χ4n) is 5.57. The third-order valence-electron chi connectivity index (χ3n) is 7.60. The van der Waals surface area contributed by atoms with E-state index in [1.54, 1.807) is 6.20 Å². The van der Waals surface area contributed by atoms with Crippen molar-refractivity contribution in [2.45, 2.75) is 52.5 Å². The molecule has 36 heavy (non-hydrogen) atoms. The standard InChI is InChI=1S/C28H39N7O/c1-20(2)18-35-11-7-21(8-12-35)28(36)32-27-14-22-13-25(29-15-23(22)16-30-27)24-17-31-33(3)26(24)19-34-9-5-4-6-10-34/h13-17,20-21H,4-12,18-19H2,1-3H3,(H,30,32,36). The van der Waals surface area contributed by atoms with E-state index in [4.69, 9.17) is 4.98 Å². The van der Waals surface area contributed by atoms with Crippen molar-refractivity contribution < 1.29 is 4.79 Å². The first-order chi connectivity index (χ1) is 17.5. The minimum atomic E-state index is 0.0478. The van der Waals surface area contributed by atoms with E-state index < -0.39 is 0 Å². The van der Waals surface area contributed by atoms with Gasteiger partial charge in [0.15, 0.2) is 0 Å². The average Bonchev–Trinajstić information content (AvgIpc) is 3.24. The van der Waals surface area contributed by atoms with Gasteiger partial charge in [-0.3, -0.25) is 19.4 Å². The topological polar surface area (TPSA) is 79.2 Å². The summed E-state index contributed by atoms with van der Waals surface area (Å²) in [5, 5.41) is 9.60. The van der Waals surface area contributed by atoms with Gasteiger partial charge in [0.1, 0.15) is 5.82 Å². The van der Waals surface area contributed by atoms with Gasteiger partial charge in [0.25, 0.3) is 0 Å². The van der Waals surface area contributed by atoms with Crippen LogP contribution in [0.2, 0.25) is 0 Å². The van der Waals surface area contributed by atoms with Crippen molar-refractivity contribution in [1.82, 2.24) is 29.5 Å². The average molecular weight is 490 g/mol. The Hall–Kier alpha value is -2.84. The molecule has 1 amide bonds. The summed E-state index contributed by atoms with van der Waals surface area (Å²) in [7, 11) is 2.01. The molecular formula is C28H39N7O. The fourth-order valence-corrected chi connectivity index (χ4v) is 5.57. The predicted molar refractivity (Wildman–Crippen MR) is 143 cm³/mol. The first-order valence-corrected chi connectivity index (χ1v) is 13.5. The SMILES string of the molecule is CC(C)CN1CCC(C(=O)Nc2cc3cc(-c4cnn(C)c4CN4CCCCC4)ncc3cn2)CC1. The van der Waals surface area contributed by atoms with Crippen LogP contribution >= 0.6 is 0 Å². The van der Waals surface area contributed by atoms with E-state index in [0.29, 0.717) is 11.7 Å². The lowest BCUT2D eigenvalue weighted by Gasteiger charge is -2.32. The van der Waals surface area contributed by atoms with Crippen LogP contribution in [0.3, 0.4) is 0 Å². The Bertz CT molecular complexity index is 1190. The third-order valence-corrected chi connectivity index (χ3v) is 7.60. The summed E-state index contributed by atoms with van der Waals surface area (Å²) in [5.74, 6) is 1.39. The van der Waals surface area contributed by atoms with Gasteiger partial charge in [-0.05, 0) is 75.3 Å². The molecule has 8 nitrogen and oxygen atoms in total. The Kier molecular flexibility index (Phi) is 7.62. The number of aromatic nitrogens is 4. The molecule has 5 rings (SSSR count). The second-order valence-corrected chi connectivity index (χ2v) is 10.9. The molecule has 0 spiro atoms. The fraction of sp³-hybridized carbons (Fsp3) is 0.571. The number of hydrogen-bond donors (Lipinski definition) is 1. The number of nitrogens with one attached hydrogen (secondary N) is 1. The summed E-state index contributed by atoms with van der Waals surface area (Å²) in [6, 6.07) is 4.06. The number of carbonyl (C=O) groups excluding carboxylic acids is 1. The van der Waals surface area contributed by atoms with Gasteiger partial charge < -0.3 is 10.2 Å². The molecule has 0 radical (unpaired) electrons. The van der Waals surface area contributed by atoms with E-state index in [2.05, 4.69) is 45.1 Å². The molecule has 8 heteroatoms. The molecule has 2 saturated heterocycles.